The quantitative estimate of drug-likeness (QED) is 0.795. The molecule has 0 aliphatic heterocycles. The van der Waals surface area contributed by atoms with Crippen molar-refractivity contribution in [1.29, 1.82) is 0 Å². The van der Waals surface area contributed by atoms with Gasteiger partial charge in [0.1, 0.15) is 0 Å². The van der Waals surface area contributed by atoms with E-state index in [4.69, 9.17) is 16.0 Å². The van der Waals surface area contributed by atoms with Crippen LogP contribution in [0.3, 0.4) is 0 Å². The first-order valence-corrected chi connectivity index (χ1v) is 6.99. The molecule has 1 aromatic carbocycles. The maximum Gasteiger partial charge on any atom is 0.249 e. The molecule has 2 rings (SSSR count). The zero-order chi connectivity index (χ0) is 14.4. The fraction of sp³-hybridized carbons (Fsp3) is 0.429. The molecule has 0 aliphatic carbocycles. The van der Waals surface area contributed by atoms with E-state index in [-0.39, 0.29) is 0 Å². The van der Waals surface area contributed by atoms with Crippen LogP contribution in [-0.4, -0.2) is 42.3 Å². The largest absolute Gasteiger partial charge is 0.419 e. The summed E-state index contributed by atoms with van der Waals surface area (Å²) < 4.78 is 5.66. The molecule has 0 unspecified atom stereocenters. The second kappa shape index (κ2) is 7.38. The average Bonchev–Trinajstić information content (AvgIpc) is 2.88. The molecule has 108 valence electrons. The Labute approximate surface area is 123 Å². The molecule has 2 aromatic rings. The molecule has 0 saturated heterocycles. The highest BCUT2D eigenvalue weighted by Gasteiger charge is 2.12. The van der Waals surface area contributed by atoms with Crippen LogP contribution in [0, 0.1) is 0 Å². The van der Waals surface area contributed by atoms with Gasteiger partial charge in [-0.15, -0.1) is 10.2 Å². The third-order valence-electron chi connectivity index (χ3n) is 2.94. The molecule has 1 heterocycles. The lowest BCUT2D eigenvalue weighted by Crippen LogP contribution is -2.22. The maximum atomic E-state index is 6.11. The molecule has 0 radical (unpaired) electrons. The summed E-state index contributed by atoms with van der Waals surface area (Å²) in [6.07, 6.45) is 1.08. The molecule has 5 nitrogen and oxygen atoms in total. The van der Waals surface area contributed by atoms with Gasteiger partial charge in [-0.3, -0.25) is 4.90 Å². The second-order valence-corrected chi connectivity index (χ2v) is 5.08. The zero-order valence-corrected chi connectivity index (χ0v) is 12.5. The van der Waals surface area contributed by atoms with Crippen LogP contribution < -0.4 is 5.32 Å². The molecule has 0 fully saturated rings. The summed E-state index contributed by atoms with van der Waals surface area (Å²) in [7, 11) is 3.99. The lowest BCUT2D eigenvalue weighted by atomic mass is 10.2. The van der Waals surface area contributed by atoms with Gasteiger partial charge in [0.2, 0.25) is 11.8 Å². The Kier molecular flexibility index (Phi) is 5.52. The number of hydrogen-bond acceptors (Lipinski definition) is 5. The first-order valence-electron chi connectivity index (χ1n) is 6.61. The lowest BCUT2D eigenvalue weighted by Gasteiger charge is -2.13. The Bertz CT molecular complexity index is 543. The smallest absolute Gasteiger partial charge is 0.249 e. The SMILES string of the molecule is CNCCCN(C)Cc1nnc(-c2ccccc2Cl)o1. The van der Waals surface area contributed by atoms with Crippen molar-refractivity contribution in [3.63, 3.8) is 0 Å². The summed E-state index contributed by atoms with van der Waals surface area (Å²) in [5.74, 6) is 1.07. The van der Waals surface area contributed by atoms with E-state index in [2.05, 4.69) is 20.4 Å². The van der Waals surface area contributed by atoms with E-state index in [0.717, 1.165) is 25.1 Å². The van der Waals surface area contributed by atoms with Gasteiger partial charge < -0.3 is 9.73 Å². The summed E-state index contributed by atoms with van der Waals surface area (Å²) in [5, 5.41) is 11.9. The fourth-order valence-corrected chi connectivity index (χ4v) is 2.11. The van der Waals surface area contributed by atoms with Crippen LogP contribution >= 0.6 is 11.6 Å². The Hall–Kier alpha value is -1.43. The molecule has 0 bridgehead atoms. The Morgan fingerprint density at radius 1 is 1.30 bits per heavy atom. The van der Waals surface area contributed by atoms with Crippen LogP contribution in [0.1, 0.15) is 12.3 Å². The number of nitrogens with zero attached hydrogens (tertiary/aromatic N) is 3. The van der Waals surface area contributed by atoms with Crippen molar-refractivity contribution in [3.8, 4) is 11.5 Å². The first-order chi connectivity index (χ1) is 9.70. The van der Waals surface area contributed by atoms with Crippen LogP contribution in [0.25, 0.3) is 11.5 Å². The van der Waals surface area contributed by atoms with Crippen LogP contribution in [0.2, 0.25) is 5.02 Å². The standard InChI is InChI=1S/C14H19ClN4O/c1-16-8-5-9-19(2)10-13-17-18-14(20-13)11-6-3-4-7-12(11)15/h3-4,6-7,16H,5,8-10H2,1-2H3. The minimum Gasteiger partial charge on any atom is -0.419 e. The van der Waals surface area contributed by atoms with E-state index >= 15 is 0 Å². The number of benzene rings is 1. The average molecular weight is 295 g/mol. The van der Waals surface area contributed by atoms with Crippen molar-refractivity contribution >= 4 is 11.6 Å². The highest BCUT2D eigenvalue weighted by molar-refractivity contribution is 6.33. The van der Waals surface area contributed by atoms with Crippen molar-refractivity contribution in [1.82, 2.24) is 20.4 Å². The van der Waals surface area contributed by atoms with Crippen LogP contribution in [0.4, 0.5) is 0 Å². The third kappa shape index (κ3) is 4.03. The number of nitrogens with one attached hydrogen (secondary N) is 1. The van der Waals surface area contributed by atoms with E-state index in [9.17, 15) is 0 Å². The topological polar surface area (TPSA) is 54.2 Å². The summed E-state index contributed by atoms with van der Waals surface area (Å²) in [5.41, 5.74) is 0.769. The van der Waals surface area contributed by atoms with Gasteiger partial charge in [-0.2, -0.15) is 0 Å². The highest BCUT2D eigenvalue weighted by atomic mass is 35.5. The lowest BCUT2D eigenvalue weighted by molar-refractivity contribution is 0.286. The molecule has 0 aliphatic rings. The van der Waals surface area contributed by atoms with Gasteiger partial charge in [-0.25, -0.2) is 0 Å². The molecule has 20 heavy (non-hydrogen) atoms. The van der Waals surface area contributed by atoms with Gasteiger partial charge in [-0.1, -0.05) is 23.7 Å². The molecule has 0 spiro atoms. The molecule has 0 amide bonds. The predicted octanol–water partition coefficient (Wildman–Crippen LogP) is 2.43. The van der Waals surface area contributed by atoms with Gasteiger partial charge in [0, 0.05) is 0 Å². The molecule has 0 atom stereocenters. The van der Waals surface area contributed by atoms with Gasteiger partial charge in [0.15, 0.2) is 0 Å². The number of halogens is 1. The molecular formula is C14H19ClN4O. The normalized spacial score (nSPS) is 11.2. The van der Waals surface area contributed by atoms with E-state index < -0.39 is 0 Å². The van der Waals surface area contributed by atoms with E-state index in [1.807, 2.05) is 38.4 Å². The minimum absolute atomic E-state index is 0.467. The van der Waals surface area contributed by atoms with E-state index in [1.165, 1.54) is 0 Å². The Morgan fingerprint density at radius 3 is 2.85 bits per heavy atom. The summed E-state index contributed by atoms with van der Waals surface area (Å²) >= 11 is 6.11. The number of rotatable bonds is 7. The number of hydrogen-bond donors (Lipinski definition) is 1. The van der Waals surface area contributed by atoms with Crippen molar-refractivity contribution in [2.24, 2.45) is 0 Å². The highest BCUT2D eigenvalue weighted by Crippen LogP contribution is 2.26. The second-order valence-electron chi connectivity index (χ2n) is 4.68. The molecule has 1 aromatic heterocycles. The zero-order valence-electron chi connectivity index (χ0n) is 11.8. The molecule has 0 saturated carbocycles. The van der Waals surface area contributed by atoms with E-state index in [1.54, 1.807) is 0 Å². The molecule has 6 heteroatoms. The number of aromatic nitrogens is 2. The van der Waals surface area contributed by atoms with Gasteiger partial charge in [0.05, 0.1) is 17.1 Å². The van der Waals surface area contributed by atoms with Crippen LogP contribution in [-0.2, 0) is 6.54 Å². The third-order valence-corrected chi connectivity index (χ3v) is 3.27. The van der Waals surface area contributed by atoms with Crippen LogP contribution in [0.15, 0.2) is 28.7 Å². The molecule has 1 N–H and O–H groups in total. The van der Waals surface area contributed by atoms with Crippen molar-refractivity contribution in [2.45, 2.75) is 13.0 Å². The predicted molar refractivity (Wildman–Crippen MR) is 79.6 cm³/mol. The Balaban J connectivity index is 1.97. The molecular weight excluding hydrogens is 276 g/mol. The van der Waals surface area contributed by atoms with Gasteiger partial charge in [0.25, 0.3) is 0 Å². The van der Waals surface area contributed by atoms with Crippen molar-refractivity contribution < 1.29 is 4.42 Å². The van der Waals surface area contributed by atoms with Crippen molar-refractivity contribution in [3.05, 3.63) is 35.2 Å². The maximum absolute atomic E-state index is 6.11. The van der Waals surface area contributed by atoms with Gasteiger partial charge >= 0.3 is 0 Å². The van der Waals surface area contributed by atoms with E-state index in [0.29, 0.717) is 23.3 Å². The first kappa shape index (κ1) is 15.0. The summed E-state index contributed by atoms with van der Waals surface area (Å²) in [4.78, 5) is 2.15. The van der Waals surface area contributed by atoms with Gasteiger partial charge in [-0.05, 0) is 45.7 Å². The minimum atomic E-state index is 0.467. The Morgan fingerprint density at radius 2 is 2.10 bits per heavy atom. The van der Waals surface area contributed by atoms with Crippen LogP contribution in [0.5, 0.6) is 0 Å². The fourth-order valence-electron chi connectivity index (χ4n) is 1.90. The van der Waals surface area contributed by atoms with Crippen molar-refractivity contribution in [2.75, 3.05) is 27.2 Å². The summed E-state index contributed by atoms with van der Waals surface area (Å²) in [6, 6.07) is 7.45. The monoisotopic (exact) mass is 294 g/mol. The summed E-state index contributed by atoms with van der Waals surface area (Å²) in [6.45, 7) is 2.62.